The van der Waals surface area contributed by atoms with Gasteiger partial charge in [-0.1, -0.05) is 28.9 Å². The maximum atomic E-state index is 12.3. The van der Waals surface area contributed by atoms with E-state index in [1.165, 1.54) is 6.07 Å². The molecule has 0 aliphatic rings. The van der Waals surface area contributed by atoms with Gasteiger partial charge in [0.05, 0.1) is 6.42 Å². The Morgan fingerprint density at radius 2 is 2.09 bits per heavy atom. The van der Waals surface area contributed by atoms with Crippen molar-refractivity contribution in [1.82, 2.24) is 10.1 Å². The van der Waals surface area contributed by atoms with Gasteiger partial charge in [0.25, 0.3) is 5.91 Å². The van der Waals surface area contributed by atoms with Gasteiger partial charge in [0, 0.05) is 29.7 Å². The van der Waals surface area contributed by atoms with Crippen LogP contribution >= 0.6 is 11.6 Å². The highest BCUT2D eigenvalue weighted by molar-refractivity contribution is 6.30. The highest BCUT2D eigenvalue weighted by atomic mass is 35.5. The van der Waals surface area contributed by atoms with Crippen molar-refractivity contribution in [1.29, 1.82) is 0 Å². The van der Waals surface area contributed by atoms with Gasteiger partial charge in [0.15, 0.2) is 11.5 Å². The molecule has 0 radical (unpaired) electrons. The van der Waals surface area contributed by atoms with E-state index in [-0.39, 0.29) is 12.2 Å². The van der Waals surface area contributed by atoms with E-state index in [1.54, 1.807) is 31.2 Å². The molecule has 1 heterocycles. The fourth-order valence-electron chi connectivity index (χ4n) is 1.98. The molecule has 0 saturated heterocycles. The maximum absolute atomic E-state index is 12.3. The minimum atomic E-state index is -4.32. The van der Waals surface area contributed by atoms with Crippen molar-refractivity contribution in [3.63, 3.8) is 0 Å². The minimum absolute atomic E-state index is 0.0380. The SMILES string of the molecule is CCN(CCC(F)(F)F)C(=O)c1cc(-c2cccc(Cl)c2)on1. The number of hydrogen-bond donors (Lipinski definition) is 0. The van der Waals surface area contributed by atoms with E-state index < -0.39 is 25.0 Å². The second kappa shape index (κ2) is 7.04. The van der Waals surface area contributed by atoms with Crippen LogP contribution in [0.1, 0.15) is 23.8 Å². The Balaban J connectivity index is 2.13. The molecule has 0 unspecified atom stereocenters. The van der Waals surface area contributed by atoms with Gasteiger partial charge in [-0.2, -0.15) is 13.2 Å². The number of hydrogen-bond acceptors (Lipinski definition) is 3. The summed E-state index contributed by atoms with van der Waals surface area (Å²) in [6, 6.07) is 8.15. The fraction of sp³-hybridized carbons (Fsp3) is 0.333. The maximum Gasteiger partial charge on any atom is 0.390 e. The molecule has 0 atom stereocenters. The molecule has 8 heteroatoms. The first kappa shape index (κ1) is 17.3. The van der Waals surface area contributed by atoms with Crippen LogP contribution in [-0.4, -0.2) is 35.2 Å². The number of carbonyl (C=O) groups is 1. The lowest BCUT2D eigenvalue weighted by Crippen LogP contribution is -2.34. The number of aromatic nitrogens is 1. The number of nitrogens with zero attached hydrogens (tertiary/aromatic N) is 2. The highest BCUT2D eigenvalue weighted by Crippen LogP contribution is 2.24. The lowest BCUT2D eigenvalue weighted by molar-refractivity contribution is -0.136. The molecule has 2 rings (SSSR count). The first-order valence-corrected chi connectivity index (χ1v) is 7.26. The van der Waals surface area contributed by atoms with E-state index in [4.69, 9.17) is 16.1 Å². The largest absolute Gasteiger partial charge is 0.390 e. The van der Waals surface area contributed by atoms with Gasteiger partial charge in [-0.15, -0.1) is 0 Å². The van der Waals surface area contributed by atoms with Crippen LogP contribution in [-0.2, 0) is 0 Å². The van der Waals surface area contributed by atoms with Gasteiger partial charge in [-0.05, 0) is 19.1 Å². The average molecular weight is 347 g/mol. The third kappa shape index (κ3) is 4.72. The van der Waals surface area contributed by atoms with Crippen LogP contribution < -0.4 is 0 Å². The molecular weight excluding hydrogens is 333 g/mol. The Bertz CT molecular complexity index is 685. The van der Waals surface area contributed by atoms with Gasteiger partial charge < -0.3 is 9.42 Å². The van der Waals surface area contributed by atoms with Gasteiger partial charge in [0.2, 0.25) is 0 Å². The zero-order valence-electron chi connectivity index (χ0n) is 12.2. The summed E-state index contributed by atoms with van der Waals surface area (Å²) in [7, 11) is 0. The molecule has 2 aromatic rings. The fourth-order valence-corrected chi connectivity index (χ4v) is 2.17. The van der Waals surface area contributed by atoms with Crippen LogP contribution in [0.15, 0.2) is 34.9 Å². The summed E-state index contributed by atoms with van der Waals surface area (Å²) in [6.45, 7) is 1.33. The highest BCUT2D eigenvalue weighted by Gasteiger charge is 2.29. The molecule has 0 aliphatic heterocycles. The van der Waals surface area contributed by atoms with Crippen LogP contribution in [0.3, 0.4) is 0 Å². The summed E-state index contributed by atoms with van der Waals surface area (Å²) < 4.78 is 42.0. The Kier molecular flexibility index (Phi) is 5.30. The summed E-state index contributed by atoms with van der Waals surface area (Å²) in [5, 5.41) is 4.14. The molecular formula is C15H14ClF3N2O2. The second-order valence-electron chi connectivity index (χ2n) is 4.84. The molecule has 1 amide bonds. The van der Waals surface area contributed by atoms with E-state index in [2.05, 4.69) is 5.16 Å². The van der Waals surface area contributed by atoms with Gasteiger partial charge in [-0.25, -0.2) is 0 Å². The summed E-state index contributed by atoms with van der Waals surface area (Å²) in [6.07, 6.45) is -5.38. The van der Waals surface area contributed by atoms with E-state index in [1.807, 2.05) is 0 Å². The molecule has 1 aromatic heterocycles. The number of amides is 1. The quantitative estimate of drug-likeness (QED) is 0.805. The summed E-state index contributed by atoms with van der Waals surface area (Å²) in [5.74, 6) is -0.281. The lowest BCUT2D eigenvalue weighted by atomic mass is 10.1. The predicted molar refractivity (Wildman–Crippen MR) is 79.2 cm³/mol. The molecule has 0 saturated carbocycles. The topological polar surface area (TPSA) is 46.3 Å². The molecule has 23 heavy (non-hydrogen) atoms. The third-order valence-electron chi connectivity index (χ3n) is 3.17. The number of benzene rings is 1. The van der Waals surface area contributed by atoms with Crippen molar-refractivity contribution in [2.45, 2.75) is 19.5 Å². The predicted octanol–water partition coefficient (Wildman–Crippen LogP) is 4.41. The zero-order chi connectivity index (χ0) is 17.0. The smallest absolute Gasteiger partial charge is 0.355 e. The Hall–Kier alpha value is -2.02. The zero-order valence-corrected chi connectivity index (χ0v) is 13.0. The second-order valence-corrected chi connectivity index (χ2v) is 5.27. The average Bonchev–Trinajstić information content (AvgIpc) is 2.96. The monoisotopic (exact) mass is 346 g/mol. The number of halogens is 4. The van der Waals surface area contributed by atoms with E-state index in [0.29, 0.717) is 16.3 Å². The Labute approximate surface area is 135 Å². The summed E-state index contributed by atoms with van der Waals surface area (Å²) >= 11 is 5.88. The number of carbonyl (C=O) groups excluding carboxylic acids is 1. The normalized spacial score (nSPS) is 11.5. The number of alkyl halides is 3. The minimum Gasteiger partial charge on any atom is -0.355 e. The van der Waals surface area contributed by atoms with Crippen molar-refractivity contribution >= 4 is 17.5 Å². The first-order chi connectivity index (χ1) is 10.8. The van der Waals surface area contributed by atoms with Gasteiger partial charge in [0.1, 0.15) is 0 Å². The van der Waals surface area contributed by atoms with Crippen molar-refractivity contribution in [2.75, 3.05) is 13.1 Å². The lowest BCUT2D eigenvalue weighted by Gasteiger charge is -2.20. The molecule has 1 aromatic carbocycles. The Morgan fingerprint density at radius 1 is 1.35 bits per heavy atom. The molecule has 0 N–H and O–H groups in total. The summed E-state index contributed by atoms with van der Waals surface area (Å²) in [4.78, 5) is 13.3. The van der Waals surface area contributed by atoms with Gasteiger partial charge in [-0.3, -0.25) is 4.79 Å². The van der Waals surface area contributed by atoms with Crippen molar-refractivity contribution < 1.29 is 22.5 Å². The van der Waals surface area contributed by atoms with Crippen LogP contribution in [0.5, 0.6) is 0 Å². The van der Waals surface area contributed by atoms with E-state index in [9.17, 15) is 18.0 Å². The van der Waals surface area contributed by atoms with E-state index >= 15 is 0 Å². The van der Waals surface area contributed by atoms with Crippen LogP contribution in [0, 0.1) is 0 Å². The Morgan fingerprint density at radius 3 is 2.70 bits per heavy atom. The van der Waals surface area contributed by atoms with Crippen molar-refractivity contribution in [2.24, 2.45) is 0 Å². The number of rotatable bonds is 5. The van der Waals surface area contributed by atoms with Crippen LogP contribution in [0.4, 0.5) is 13.2 Å². The standard InChI is InChI=1S/C15H14ClF3N2O2/c1-2-21(7-6-15(17,18)19)14(22)12-9-13(23-20-12)10-4-3-5-11(16)8-10/h3-5,8-9H,2,6-7H2,1H3. The molecule has 0 fully saturated rings. The first-order valence-electron chi connectivity index (χ1n) is 6.89. The third-order valence-corrected chi connectivity index (χ3v) is 3.41. The van der Waals surface area contributed by atoms with Crippen LogP contribution in [0.25, 0.3) is 11.3 Å². The van der Waals surface area contributed by atoms with Crippen molar-refractivity contribution in [3.8, 4) is 11.3 Å². The molecule has 0 spiro atoms. The van der Waals surface area contributed by atoms with Crippen LogP contribution in [0.2, 0.25) is 5.02 Å². The molecule has 0 bridgehead atoms. The molecule has 0 aliphatic carbocycles. The van der Waals surface area contributed by atoms with Crippen molar-refractivity contribution in [3.05, 3.63) is 41.0 Å². The van der Waals surface area contributed by atoms with E-state index in [0.717, 1.165) is 4.90 Å². The van der Waals surface area contributed by atoms with Gasteiger partial charge >= 0.3 is 6.18 Å². The molecule has 4 nitrogen and oxygen atoms in total. The molecule has 124 valence electrons. The summed E-state index contributed by atoms with van der Waals surface area (Å²) in [5.41, 5.74) is 0.589.